The van der Waals surface area contributed by atoms with Crippen molar-refractivity contribution in [1.82, 2.24) is 4.90 Å². The smallest absolute Gasteiger partial charge is 0.309 e. The Hall–Kier alpha value is -3.77. The molecule has 0 bridgehead atoms. The number of amides is 2. The van der Waals surface area contributed by atoms with Gasteiger partial charge in [0.2, 0.25) is 0 Å². The highest BCUT2D eigenvalue weighted by Crippen LogP contribution is 2.30. The van der Waals surface area contributed by atoms with E-state index in [0.29, 0.717) is 17.5 Å². The molecule has 1 aliphatic rings. The first-order valence-corrected chi connectivity index (χ1v) is 13.0. The average molecular weight is 514 g/mol. The SMILES string of the molecule is Cc1ccc(-c2ccc(CC[C@H](O)[C@H](CCN3C(=O)c4ccc(C(C)(C)C)cc4C3=O)C(=O)O)cc2)cc1. The number of hydrogen-bond donors (Lipinski definition) is 2. The minimum absolute atomic E-state index is 0.0134. The number of imide groups is 1. The van der Waals surface area contributed by atoms with Crippen LogP contribution in [0.15, 0.2) is 66.7 Å². The Labute approximate surface area is 223 Å². The van der Waals surface area contributed by atoms with Crippen molar-refractivity contribution in [2.45, 2.75) is 58.5 Å². The first-order valence-electron chi connectivity index (χ1n) is 13.0. The van der Waals surface area contributed by atoms with Gasteiger partial charge >= 0.3 is 5.97 Å². The zero-order valence-corrected chi connectivity index (χ0v) is 22.4. The van der Waals surface area contributed by atoms with Gasteiger partial charge in [0, 0.05) is 6.54 Å². The van der Waals surface area contributed by atoms with Gasteiger partial charge in [-0.3, -0.25) is 19.3 Å². The maximum Gasteiger partial charge on any atom is 0.309 e. The number of carbonyl (C=O) groups excluding carboxylic acids is 2. The van der Waals surface area contributed by atoms with Gasteiger partial charge in [0.1, 0.15) is 0 Å². The highest BCUT2D eigenvalue weighted by atomic mass is 16.4. The van der Waals surface area contributed by atoms with E-state index in [1.54, 1.807) is 12.1 Å². The summed E-state index contributed by atoms with van der Waals surface area (Å²) in [6.45, 7) is 8.09. The predicted molar refractivity (Wildman–Crippen MR) is 147 cm³/mol. The molecule has 198 valence electrons. The molecule has 6 heteroatoms. The fraction of sp³-hybridized carbons (Fsp3) is 0.344. The second kappa shape index (κ2) is 10.9. The molecule has 6 nitrogen and oxygen atoms in total. The van der Waals surface area contributed by atoms with Gasteiger partial charge in [-0.2, -0.15) is 0 Å². The Morgan fingerprint density at radius 3 is 2.00 bits per heavy atom. The summed E-state index contributed by atoms with van der Waals surface area (Å²) in [5.41, 5.74) is 5.87. The zero-order chi connectivity index (χ0) is 27.6. The third-order valence-electron chi connectivity index (χ3n) is 7.35. The number of fused-ring (bicyclic) bond motifs is 1. The van der Waals surface area contributed by atoms with Crippen molar-refractivity contribution in [3.63, 3.8) is 0 Å². The van der Waals surface area contributed by atoms with Crippen molar-refractivity contribution in [2.75, 3.05) is 6.54 Å². The Kier molecular flexibility index (Phi) is 7.83. The van der Waals surface area contributed by atoms with Crippen LogP contribution in [0.4, 0.5) is 0 Å². The zero-order valence-electron chi connectivity index (χ0n) is 22.4. The van der Waals surface area contributed by atoms with E-state index in [1.165, 1.54) is 5.56 Å². The highest BCUT2D eigenvalue weighted by molar-refractivity contribution is 6.21. The summed E-state index contributed by atoms with van der Waals surface area (Å²) in [6.07, 6.45) is -0.341. The fourth-order valence-corrected chi connectivity index (χ4v) is 4.83. The van der Waals surface area contributed by atoms with E-state index in [9.17, 15) is 24.6 Å². The molecule has 0 fully saturated rings. The molecule has 0 radical (unpaired) electrons. The molecule has 0 aromatic heterocycles. The largest absolute Gasteiger partial charge is 0.481 e. The number of aliphatic hydroxyl groups excluding tert-OH is 1. The van der Waals surface area contributed by atoms with Crippen LogP contribution in [0.1, 0.15) is 71.0 Å². The molecule has 0 saturated carbocycles. The summed E-state index contributed by atoms with van der Waals surface area (Å²) >= 11 is 0. The van der Waals surface area contributed by atoms with E-state index in [2.05, 4.69) is 24.3 Å². The van der Waals surface area contributed by atoms with E-state index in [1.807, 2.05) is 58.0 Å². The van der Waals surface area contributed by atoms with Crippen molar-refractivity contribution in [2.24, 2.45) is 5.92 Å². The van der Waals surface area contributed by atoms with E-state index in [4.69, 9.17) is 0 Å². The number of nitrogens with zero attached hydrogens (tertiary/aromatic N) is 1. The van der Waals surface area contributed by atoms with Gasteiger partial charge in [-0.25, -0.2) is 0 Å². The standard InChI is InChI=1S/C32H35NO5/c1-20-5-10-22(11-6-20)23-12-7-21(8-13-23)9-16-28(34)26(31(37)38)17-18-33-29(35)25-15-14-24(32(2,3)4)19-27(25)30(33)36/h5-8,10-15,19,26,28,34H,9,16-18H2,1-4H3,(H,37,38)/t26-,28-/m0/s1. The number of aliphatic hydroxyl groups is 1. The molecular formula is C32H35NO5. The van der Waals surface area contributed by atoms with Crippen molar-refractivity contribution in [3.05, 3.63) is 94.5 Å². The maximum absolute atomic E-state index is 13.0. The molecule has 38 heavy (non-hydrogen) atoms. The number of aliphatic carboxylic acids is 1. The number of rotatable bonds is 9. The van der Waals surface area contributed by atoms with Gasteiger partial charge in [-0.05, 0) is 66.0 Å². The molecule has 0 spiro atoms. The van der Waals surface area contributed by atoms with Gasteiger partial charge in [0.05, 0.1) is 23.1 Å². The Bertz CT molecular complexity index is 1340. The van der Waals surface area contributed by atoms with E-state index >= 15 is 0 Å². The molecule has 3 aromatic rings. The summed E-state index contributed by atoms with van der Waals surface area (Å²) in [4.78, 5) is 38.9. The lowest BCUT2D eigenvalue weighted by atomic mass is 9.85. The molecule has 0 aliphatic carbocycles. The molecule has 0 saturated heterocycles. The summed E-state index contributed by atoms with van der Waals surface area (Å²) in [5, 5.41) is 20.5. The first kappa shape index (κ1) is 27.3. The van der Waals surface area contributed by atoms with Crippen LogP contribution >= 0.6 is 0 Å². The normalized spacial score (nSPS) is 14.9. The number of carboxylic acid groups (broad SMARTS) is 1. The van der Waals surface area contributed by atoms with Gasteiger partial charge in [0.15, 0.2) is 0 Å². The van der Waals surface area contributed by atoms with E-state index < -0.39 is 29.8 Å². The molecule has 2 atom stereocenters. The lowest BCUT2D eigenvalue weighted by molar-refractivity contribution is -0.146. The summed E-state index contributed by atoms with van der Waals surface area (Å²) in [6, 6.07) is 21.6. The van der Waals surface area contributed by atoms with Crippen LogP contribution in [0.25, 0.3) is 11.1 Å². The van der Waals surface area contributed by atoms with Crippen molar-refractivity contribution >= 4 is 17.8 Å². The molecule has 2 amide bonds. The summed E-state index contributed by atoms with van der Waals surface area (Å²) in [5.74, 6) is -3.06. The van der Waals surface area contributed by atoms with Crippen LogP contribution in [0.3, 0.4) is 0 Å². The van der Waals surface area contributed by atoms with Crippen LogP contribution < -0.4 is 0 Å². The molecular weight excluding hydrogens is 478 g/mol. The van der Waals surface area contributed by atoms with Crippen LogP contribution in [0, 0.1) is 12.8 Å². The average Bonchev–Trinajstić information content (AvgIpc) is 3.12. The highest BCUT2D eigenvalue weighted by Gasteiger charge is 2.37. The molecule has 0 unspecified atom stereocenters. The maximum atomic E-state index is 13.0. The Balaban J connectivity index is 1.36. The fourth-order valence-electron chi connectivity index (χ4n) is 4.83. The van der Waals surface area contributed by atoms with Crippen molar-refractivity contribution in [3.8, 4) is 11.1 Å². The van der Waals surface area contributed by atoms with Crippen LogP contribution in [-0.4, -0.2) is 45.5 Å². The third-order valence-corrected chi connectivity index (χ3v) is 7.35. The Morgan fingerprint density at radius 2 is 1.42 bits per heavy atom. The van der Waals surface area contributed by atoms with Gasteiger partial charge in [-0.15, -0.1) is 0 Å². The van der Waals surface area contributed by atoms with Gasteiger partial charge in [-0.1, -0.05) is 80.9 Å². The molecule has 4 rings (SSSR count). The number of carboxylic acids is 1. The van der Waals surface area contributed by atoms with Crippen LogP contribution in [0.2, 0.25) is 0 Å². The Morgan fingerprint density at radius 1 is 0.842 bits per heavy atom. The number of hydrogen-bond acceptors (Lipinski definition) is 4. The van der Waals surface area contributed by atoms with E-state index in [-0.39, 0.29) is 24.8 Å². The molecule has 1 aliphatic heterocycles. The number of carbonyl (C=O) groups is 3. The minimum Gasteiger partial charge on any atom is -0.481 e. The first-order chi connectivity index (χ1) is 18.0. The lowest BCUT2D eigenvalue weighted by Gasteiger charge is -2.22. The third kappa shape index (κ3) is 5.86. The number of benzene rings is 3. The van der Waals surface area contributed by atoms with Crippen molar-refractivity contribution < 1.29 is 24.6 Å². The van der Waals surface area contributed by atoms with Gasteiger partial charge < -0.3 is 10.2 Å². The number of aryl methyl sites for hydroxylation is 2. The quantitative estimate of drug-likeness (QED) is 0.361. The van der Waals surface area contributed by atoms with Crippen LogP contribution in [0.5, 0.6) is 0 Å². The monoisotopic (exact) mass is 513 g/mol. The predicted octanol–water partition coefficient (Wildman–Crippen LogP) is 5.64. The van der Waals surface area contributed by atoms with Crippen molar-refractivity contribution in [1.29, 1.82) is 0 Å². The summed E-state index contributed by atoms with van der Waals surface area (Å²) in [7, 11) is 0. The second-order valence-electron chi connectivity index (χ2n) is 11.2. The van der Waals surface area contributed by atoms with Crippen LogP contribution in [-0.2, 0) is 16.6 Å². The minimum atomic E-state index is -1.14. The lowest BCUT2D eigenvalue weighted by Crippen LogP contribution is -2.36. The molecule has 3 aromatic carbocycles. The molecule has 1 heterocycles. The second-order valence-corrected chi connectivity index (χ2v) is 11.2. The molecule has 2 N–H and O–H groups in total. The summed E-state index contributed by atoms with van der Waals surface area (Å²) < 4.78 is 0. The topological polar surface area (TPSA) is 94.9 Å². The van der Waals surface area contributed by atoms with E-state index in [0.717, 1.165) is 27.2 Å². The van der Waals surface area contributed by atoms with Gasteiger partial charge in [0.25, 0.3) is 11.8 Å².